The van der Waals surface area contributed by atoms with Gasteiger partial charge in [0.25, 0.3) is 0 Å². The normalized spacial score (nSPS) is 19.9. The van der Waals surface area contributed by atoms with Gasteiger partial charge in [0.1, 0.15) is 5.76 Å². The van der Waals surface area contributed by atoms with Crippen LogP contribution in [0, 0.1) is 32.1 Å². The number of Topliss-reactive ketones (excluding diaryl/α,β-unsaturated/α-hetero) is 1. The number of hydrogen-bond donors (Lipinski definition) is 0. The van der Waals surface area contributed by atoms with Gasteiger partial charge in [-0.25, -0.2) is 0 Å². The Kier molecular flexibility index (Phi) is 6.42. The van der Waals surface area contributed by atoms with E-state index >= 15 is 0 Å². The van der Waals surface area contributed by atoms with Gasteiger partial charge in [-0.2, -0.15) is 11.8 Å². The van der Waals surface area contributed by atoms with Crippen molar-refractivity contribution in [2.45, 2.75) is 60.8 Å². The lowest BCUT2D eigenvalue weighted by atomic mass is 9.91. The summed E-state index contributed by atoms with van der Waals surface area (Å²) in [5.74, 6) is 2.97. The SMILES string of the molecule is Cc1cc(C)c(C2=C(OC(=O)C(C)(C)C)C/C(=C\C3CCSCC3)C2=O)c(C)c1. The van der Waals surface area contributed by atoms with E-state index in [1.807, 2.05) is 46.4 Å². The molecule has 0 bridgehead atoms. The summed E-state index contributed by atoms with van der Waals surface area (Å²) in [5.41, 5.74) is 4.92. The summed E-state index contributed by atoms with van der Waals surface area (Å²) in [7, 11) is 0. The first-order valence-corrected chi connectivity index (χ1v) is 11.6. The summed E-state index contributed by atoms with van der Waals surface area (Å²) >= 11 is 1.98. The van der Waals surface area contributed by atoms with Gasteiger partial charge in [0.15, 0.2) is 5.78 Å². The van der Waals surface area contributed by atoms with Crippen LogP contribution in [0.4, 0.5) is 0 Å². The van der Waals surface area contributed by atoms with Crippen molar-refractivity contribution < 1.29 is 14.3 Å². The molecule has 1 heterocycles. The lowest BCUT2D eigenvalue weighted by Crippen LogP contribution is -2.22. The molecule has 3 nitrogen and oxygen atoms in total. The van der Waals surface area contributed by atoms with E-state index in [9.17, 15) is 9.59 Å². The third-order valence-corrected chi connectivity index (χ3v) is 6.66. The largest absolute Gasteiger partial charge is 0.430 e. The van der Waals surface area contributed by atoms with Crippen LogP contribution in [0.15, 0.2) is 29.5 Å². The molecule has 0 aromatic heterocycles. The molecule has 0 amide bonds. The van der Waals surface area contributed by atoms with E-state index in [1.165, 1.54) is 5.56 Å². The fraction of sp³-hybridized carbons (Fsp3) is 0.520. The summed E-state index contributed by atoms with van der Waals surface area (Å²) < 4.78 is 5.85. The molecule has 1 aliphatic heterocycles. The third kappa shape index (κ3) is 4.85. The highest BCUT2D eigenvalue weighted by Crippen LogP contribution is 2.40. The molecule has 1 aromatic carbocycles. The lowest BCUT2D eigenvalue weighted by Gasteiger charge is -2.19. The van der Waals surface area contributed by atoms with Crippen molar-refractivity contribution in [3.05, 3.63) is 51.8 Å². The summed E-state index contributed by atoms with van der Waals surface area (Å²) in [4.78, 5) is 26.1. The Morgan fingerprint density at radius 1 is 1.10 bits per heavy atom. The van der Waals surface area contributed by atoms with Crippen LogP contribution < -0.4 is 0 Å². The Balaban J connectivity index is 2.05. The Morgan fingerprint density at radius 3 is 2.24 bits per heavy atom. The minimum absolute atomic E-state index is 0.0231. The van der Waals surface area contributed by atoms with Crippen molar-refractivity contribution in [3.8, 4) is 0 Å². The number of benzene rings is 1. The molecule has 1 aliphatic carbocycles. The molecular formula is C25H32O3S. The van der Waals surface area contributed by atoms with Crippen molar-refractivity contribution in [3.63, 3.8) is 0 Å². The summed E-state index contributed by atoms with van der Waals surface area (Å²) in [6, 6.07) is 4.18. The van der Waals surface area contributed by atoms with Gasteiger partial charge in [-0.3, -0.25) is 9.59 Å². The van der Waals surface area contributed by atoms with Crippen LogP contribution in [0.3, 0.4) is 0 Å². The Morgan fingerprint density at radius 2 is 1.69 bits per heavy atom. The van der Waals surface area contributed by atoms with E-state index in [0.717, 1.165) is 46.6 Å². The Hall–Kier alpha value is -1.81. The number of esters is 1. The van der Waals surface area contributed by atoms with Crippen LogP contribution >= 0.6 is 11.8 Å². The van der Waals surface area contributed by atoms with Crippen LogP contribution in [0.1, 0.15) is 62.3 Å². The summed E-state index contributed by atoms with van der Waals surface area (Å²) in [6.07, 6.45) is 4.78. The van der Waals surface area contributed by atoms with Crippen molar-refractivity contribution >= 4 is 29.1 Å². The number of carbonyl (C=O) groups excluding carboxylic acids is 2. The van der Waals surface area contributed by atoms with E-state index in [1.54, 1.807) is 0 Å². The van der Waals surface area contributed by atoms with Crippen molar-refractivity contribution in [2.75, 3.05) is 11.5 Å². The number of allylic oxidation sites excluding steroid dienone is 3. The standard InChI is InChI=1S/C25H32O3S/c1-15-11-16(2)21(17(3)12-15)22-20(28-24(27)25(4,5)6)14-19(23(22)26)13-18-7-9-29-10-8-18/h11-13,18H,7-10,14H2,1-6H3/b19-13+. The summed E-state index contributed by atoms with van der Waals surface area (Å²) in [6.45, 7) is 11.6. The fourth-order valence-electron chi connectivity index (χ4n) is 4.11. The molecule has 0 spiro atoms. The highest BCUT2D eigenvalue weighted by atomic mass is 32.2. The van der Waals surface area contributed by atoms with Gasteiger partial charge in [-0.05, 0) is 88.5 Å². The van der Waals surface area contributed by atoms with Gasteiger partial charge < -0.3 is 4.74 Å². The Bertz CT molecular complexity index is 870. The third-order valence-electron chi connectivity index (χ3n) is 5.61. The van der Waals surface area contributed by atoms with Gasteiger partial charge in [-0.15, -0.1) is 0 Å². The topological polar surface area (TPSA) is 43.4 Å². The molecule has 29 heavy (non-hydrogen) atoms. The van der Waals surface area contributed by atoms with Crippen molar-refractivity contribution in [1.29, 1.82) is 0 Å². The zero-order chi connectivity index (χ0) is 21.3. The molecule has 1 fully saturated rings. The molecule has 1 aromatic rings. The average Bonchev–Trinajstić information content (AvgIpc) is 2.90. The van der Waals surface area contributed by atoms with Crippen molar-refractivity contribution in [1.82, 2.24) is 0 Å². The maximum Gasteiger partial charge on any atom is 0.316 e. The number of carbonyl (C=O) groups is 2. The number of hydrogen-bond acceptors (Lipinski definition) is 4. The van der Waals surface area contributed by atoms with E-state index in [4.69, 9.17) is 4.74 Å². The van der Waals surface area contributed by atoms with E-state index in [2.05, 4.69) is 25.1 Å². The summed E-state index contributed by atoms with van der Waals surface area (Å²) in [5, 5.41) is 0. The molecule has 2 aliphatic rings. The molecule has 0 saturated carbocycles. The van der Waals surface area contributed by atoms with E-state index in [0.29, 0.717) is 23.7 Å². The second-order valence-corrected chi connectivity index (χ2v) is 10.6. The minimum atomic E-state index is -0.619. The van der Waals surface area contributed by atoms with Crippen LogP contribution in [-0.4, -0.2) is 23.3 Å². The zero-order valence-corrected chi connectivity index (χ0v) is 19.3. The van der Waals surface area contributed by atoms with Crippen LogP contribution in [-0.2, 0) is 14.3 Å². The lowest BCUT2D eigenvalue weighted by molar-refractivity contribution is -0.148. The monoisotopic (exact) mass is 412 g/mol. The number of rotatable bonds is 3. The zero-order valence-electron chi connectivity index (χ0n) is 18.5. The smallest absolute Gasteiger partial charge is 0.316 e. The highest BCUT2D eigenvalue weighted by Gasteiger charge is 2.36. The number of ketones is 1. The van der Waals surface area contributed by atoms with Crippen LogP contribution in [0.25, 0.3) is 5.57 Å². The van der Waals surface area contributed by atoms with Crippen molar-refractivity contribution in [2.24, 2.45) is 11.3 Å². The molecule has 3 rings (SSSR count). The van der Waals surface area contributed by atoms with E-state index in [-0.39, 0.29) is 11.8 Å². The predicted octanol–water partition coefficient (Wildman–Crippen LogP) is 5.95. The number of thioether (sulfide) groups is 1. The highest BCUT2D eigenvalue weighted by molar-refractivity contribution is 7.99. The second kappa shape index (κ2) is 8.51. The van der Waals surface area contributed by atoms with E-state index < -0.39 is 5.41 Å². The Labute approximate surface area is 179 Å². The predicted molar refractivity (Wildman–Crippen MR) is 121 cm³/mol. The van der Waals surface area contributed by atoms with Crippen LogP contribution in [0.5, 0.6) is 0 Å². The molecule has 0 atom stereocenters. The molecule has 1 saturated heterocycles. The fourth-order valence-corrected chi connectivity index (χ4v) is 5.25. The molecule has 0 N–H and O–H groups in total. The molecule has 156 valence electrons. The molecular weight excluding hydrogens is 380 g/mol. The quantitative estimate of drug-likeness (QED) is 0.454. The second-order valence-electron chi connectivity index (χ2n) is 9.36. The molecule has 0 unspecified atom stereocenters. The number of aryl methyl sites for hydroxylation is 3. The first kappa shape index (κ1) is 21.9. The van der Waals surface area contributed by atoms with Crippen LogP contribution in [0.2, 0.25) is 0 Å². The number of ether oxygens (including phenoxy) is 1. The van der Waals surface area contributed by atoms with Gasteiger partial charge in [0.2, 0.25) is 0 Å². The van der Waals surface area contributed by atoms with Gasteiger partial charge in [-0.1, -0.05) is 23.8 Å². The average molecular weight is 413 g/mol. The van der Waals surface area contributed by atoms with Gasteiger partial charge in [0.05, 0.1) is 11.0 Å². The minimum Gasteiger partial charge on any atom is -0.430 e. The first-order chi connectivity index (χ1) is 13.6. The maximum absolute atomic E-state index is 13.5. The van der Waals surface area contributed by atoms with Gasteiger partial charge >= 0.3 is 5.97 Å². The first-order valence-electron chi connectivity index (χ1n) is 10.4. The molecule has 0 radical (unpaired) electrons. The molecule has 4 heteroatoms. The van der Waals surface area contributed by atoms with Gasteiger partial charge in [0, 0.05) is 12.0 Å². The maximum atomic E-state index is 13.5.